The first kappa shape index (κ1) is 13.8. The SMILES string of the molecule is COC(c1cc(N(C)C)cc(C)n1)C(F)(F)F. The Morgan fingerprint density at radius 2 is 1.88 bits per heavy atom. The Hall–Kier alpha value is -1.30. The highest BCUT2D eigenvalue weighted by molar-refractivity contribution is 5.47. The molecule has 0 aliphatic carbocycles. The first-order chi connectivity index (χ1) is 7.75. The van der Waals surface area contributed by atoms with Crippen LogP contribution in [0.2, 0.25) is 0 Å². The van der Waals surface area contributed by atoms with Crippen molar-refractivity contribution in [3.63, 3.8) is 0 Å². The van der Waals surface area contributed by atoms with Gasteiger partial charge in [0.05, 0.1) is 5.69 Å². The van der Waals surface area contributed by atoms with E-state index in [-0.39, 0.29) is 5.69 Å². The van der Waals surface area contributed by atoms with Crippen LogP contribution in [-0.2, 0) is 4.74 Å². The molecule has 1 rings (SSSR count). The predicted molar refractivity (Wildman–Crippen MR) is 59.1 cm³/mol. The number of halogens is 3. The van der Waals surface area contributed by atoms with Gasteiger partial charge in [0, 0.05) is 32.6 Å². The molecule has 0 fully saturated rings. The maximum atomic E-state index is 12.7. The second-order valence-electron chi connectivity index (χ2n) is 3.94. The van der Waals surface area contributed by atoms with Gasteiger partial charge in [-0.05, 0) is 19.1 Å². The molecule has 1 aromatic rings. The van der Waals surface area contributed by atoms with Crippen molar-refractivity contribution in [2.75, 3.05) is 26.1 Å². The minimum absolute atomic E-state index is 0.122. The molecular formula is C11H15F3N2O. The van der Waals surface area contributed by atoms with Crippen molar-refractivity contribution in [1.29, 1.82) is 0 Å². The largest absolute Gasteiger partial charge is 0.420 e. The summed E-state index contributed by atoms with van der Waals surface area (Å²) in [5.74, 6) is 0. The molecule has 0 saturated heterocycles. The highest BCUT2D eigenvalue weighted by Gasteiger charge is 2.42. The van der Waals surface area contributed by atoms with E-state index >= 15 is 0 Å². The Bertz CT molecular complexity index is 391. The van der Waals surface area contributed by atoms with Crippen LogP contribution in [0.15, 0.2) is 12.1 Å². The molecule has 0 radical (unpaired) electrons. The molecule has 17 heavy (non-hydrogen) atoms. The molecule has 0 bridgehead atoms. The van der Waals surface area contributed by atoms with Gasteiger partial charge in [0.25, 0.3) is 0 Å². The fraction of sp³-hybridized carbons (Fsp3) is 0.545. The number of anilines is 1. The number of pyridine rings is 1. The Morgan fingerprint density at radius 3 is 2.29 bits per heavy atom. The van der Waals surface area contributed by atoms with Gasteiger partial charge in [-0.25, -0.2) is 0 Å². The molecule has 1 aromatic heterocycles. The van der Waals surface area contributed by atoms with E-state index in [1.807, 2.05) is 0 Å². The van der Waals surface area contributed by atoms with Crippen molar-refractivity contribution >= 4 is 5.69 Å². The van der Waals surface area contributed by atoms with Gasteiger partial charge in [0.2, 0.25) is 0 Å². The van der Waals surface area contributed by atoms with Crippen LogP contribution in [-0.4, -0.2) is 32.4 Å². The van der Waals surface area contributed by atoms with Crippen molar-refractivity contribution in [1.82, 2.24) is 4.98 Å². The Morgan fingerprint density at radius 1 is 1.29 bits per heavy atom. The van der Waals surface area contributed by atoms with Crippen LogP contribution in [0.5, 0.6) is 0 Å². The average molecular weight is 248 g/mol. The van der Waals surface area contributed by atoms with Gasteiger partial charge in [-0.15, -0.1) is 0 Å². The summed E-state index contributed by atoms with van der Waals surface area (Å²) in [5, 5.41) is 0. The highest BCUT2D eigenvalue weighted by atomic mass is 19.4. The molecular weight excluding hydrogens is 233 g/mol. The molecule has 6 heteroatoms. The van der Waals surface area contributed by atoms with E-state index in [4.69, 9.17) is 0 Å². The smallest absolute Gasteiger partial charge is 0.378 e. The zero-order valence-electron chi connectivity index (χ0n) is 10.2. The molecule has 96 valence electrons. The monoisotopic (exact) mass is 248 g/mol. The molecule has 1 heterocycles. The van der Waals surface area contributed by atoms with Crippen molar-refractivity contribution in [2.24, 2.45) is 0 Å². The molecule has 0 N–H and O–H groups in total. The summed E-state index contributed by atoms with van der Waals surface area (Å²) in [6.07, 6.45) is -6.44. The van der Waals surface area contributed by atoms with Gasteiger partial charge in [-0.3, -0.25) is 4.98 Å². The van der Waals surface area contributed by atoms with Crippen LogP contribution < -0.4 is 4.90 Å². The lowest BCUT2D eigenvalue weighted by molar-refractivity contribution is -0.217. The number of hydrogen-bond acceptors (Lipinski definition) is 3. The third kappa shape index (κ3) is 3.33. The summed E-state index contributed by atoms with van der Waals surface area (Å²) in [7, 11) is 4.54. The molecule has 1 atom stereocenters. The van der Waals surface area contributed by atoms with E-state index in [0.717, 1.165) is 7.11 Å². The maximum Gasteiger partial charge on any atom is 0.420 e. The number of aryl methyl sites for hydroxylation is 1. The fourth-order valence-corrected chi connectivity index (χ4v) is 1.49. The second kappa shape index (κ2) is 4.91. The van der Waals surface area contributed by atoms with Crippen LogP contribution >= 0.6 is 0 Å². The zero-order valence-corrected chi connectivity index (χ0v) is 10.2. The molecule has 0 spiro atoms. The van der Waals surface area contributed by atoms with E-state index in [9.17, 15) is 13.2 Å². The normalized spacial score (nSPS) is 13.6. The van der Waals surface area contributed by atoms with Crippen molar-refractivity contribution in [3.05, 3.63) is 23.5 Å². The molecule has 0 amide bonds. The van der Waals surface area contributed by atoms with Crippen LogP contribution in [0.4, 0.5) is 18.9 Å². The van der Waals surface area contributed by atoms with E-state index in [1.165, 1.54) is 6.07 Å². The second-order valence-corrected chi connectivity index (χ2v) is 3.94. The van der Waals surface area contributed by atoms with Gasteiger partial charge in [-0.1, -0.05) is 0 Å². The summed E-state index contributed by atoms with van der Waals surface area (Å²) in [6.45, 7) is 1.65. The van der Waals surface area contributed by atoms with Crippen LogP contribution in [0.3, 0.4) is 0 Å². The van der Waals surface area contributed by atoms with Gasteiger partial charge < -0.3 is 9.64 Å². The van der Waals surface area contributed by atoms with Crippen molar-refractivity contribution in [3.8, 4) is 0 Å². The number of ether oxygens (including phenoxy) is 1. The molecule has 0 aliphatic rings. The topological polar surface area (TPSA) is 25.4 Å². The maximum absolute atomic E-state index is 12.7. The number of hydrogen-bond donors (Lipinski definition) is 0. The summed E-state index contributed by atoms with van der Waals surface area (Å²) >= 11 is 0. The fourth-order valence-electron chi connectivity index (χ4n) is 1.49. The average Bonchev–Trinajstić information content (AvgIpc) is 2.15. The number of methoxy groups -OCH3 is 1. The zero-order chi connectivity index (χ0) is 13.2. The predicted octanol–water partition coefficient (Wildman–Crippen LogP) is 2.71. The molecule has 1 unspecified atom stereocenters. The van der Waals surface area contributed by atoms with Gasteiger partial charge >= 0.3 is 6.18 Å². The highest BCUT2D eigenvalue weighted by Crippen LogP contribution is 2.35. The lowest BCUT2D eigenvalue weighted by Gasteiger charge is -2.21. The molecule has 0 aliphatic heterocycles. The summed E-state index contributed by atoms with van der Waals surface area (Å²) < 4.78 is 42.6. The number of alkyl halides is 3. The molecule has 0 saturated carbocycles. The van der Waals surface area contributed by atoms with E-state index in [1.54, 1.807) is 32.0 Å². The number of aromatic nitrogens is 1. The van der Waals surface area contributed by atoms with Crippen LogP contribution in [0, 0.1) is 6.92 Å². The number of nitrogens with zero attached hydrogens (tertiary/aromatic N) is 2. The third-order valence-electron chi connectivity index (χ3n) is 2.28. The number of rotatable bonds is 3. The lowest BCUT2D eigenvalue weighted by Crippen LogP contribution is -2.24. The summed E-state index contributed by atoms with van der Waals surface area (Å²) in [5.41, 5.74) is 1.07. The van der Waals surface area contributed by atoms with Crippen molar-refractivity contribution < 1.29 is 17.9 Å². The van der Waals surface area contributed by atoms with Crippen LogP contribution in [0.25, 0.3) is 0 Å². The Kier molecular flexibility index (Phi) is 3.98. The van der Waals surface area contributed by atoms with Crippen LogP contribution in [0.1, 0.15) is 17.5 Å². The standard InChI is InChI=1S/C11H15F3N2O/c1-7-5-8(16(2)3)6-9(15-7)10(17-4)11(12,13)14/h5-6,10H,1-4H3. The van der Waals surface area contributed by atoms with Gasteiger partial charge in [0.15, 0.2) is 6.10 Å². The first-order valence-corrected chi connectivity index (χ1v) is 5.01. The molecule has 0 aromatic carbocycles. The Labute approximate surface area is 98.2 Å². The first-order valence-electron chi connectivity index (χ1n) is 5.01. The minimum atomic E-state index is -4.46. The quantitative estimate of drug-likeness (QED) is 0.822. The minimum Gasteiger partial charge on any atom is -0.378 e. The van der Waals surface area contributed by atoms with E-state index in [0.29, 0.717) is 11.4 Å². The molecule has 3 nitrogen and oxygen atoms in total. The summed E-state index contributed by atoms with van der Waals surface area (Å²) in [4.78, 5) is 5.61. The van der Waals surface area contributed by atoms with E-state index < -0.39 is 12.3 Å². The summed E-state index contributed by atoms with van der Waals surface area (Å²) in [6, 6.07) is 3.10. The van der Waals surface area contributed by atoms with E-state index in [2.05, 4.69) is 9.72 Å². The third-order valence-corrected chi connectivity index (χ3v) is 2.28. The van der Waals surface area contributed by atoms with Gasteiger partial charge in [-0.2, -0.15) is 13.2 Å². The van der Waals surface area contributed by atoms with Gasteiger partial charge in [0.1, 0.15) is 0 Å². The van der Waals surface area contributed by atoms with Crippen molar-refractivity contribution in [2.45, 2.75) is 19.2 Å². The Balaban J connectivity index is 3.20. The lowest BCUT2D eigenvalue weighted by atomic mass is 10.2.